The van der Waals surface area contributed by atoms with Crippen molar-refractivity contribution < 1.29 is 9.59 Å². The first-order chi connectivity index (χ1) is 12.5. The molecule has 1 unspecified atom stereocenters. The van der Waals surface area contributed by atoms with Crippen molar-refractivity contribution in [2.24, 2.45) is 5.92 Å². The summed E-state index contributed by atoms with van der Waals surface area (Å²) < 4.78 is 0. The van der Waals surface area contributed by atoms with Gasteiger partial charge in [0.05, 0.1) is 0 Å². The Kier molecular flexibility index (Phi) is 8.67. The maximum atomic E-state index is 12.7. The molecule has 1 aromatic rings. The van der Waals surface area contributed by atoms with Crippen LogP contribution >= 0.6 is 35.6 Å². The molecule has 0 radical (unpaired) electrons. The fourth-order valence-corrected chi connectivity index (χ4v) is 4.36. The molecular formula is C19H26Cl3N3O2. The molecule has 2 N–H and O–H groups in total. The van der Waals surface area contributed by atoms with Crippen LogP contribution in [0.3, 0.4) is 0 Å². The molecule has 0 bridgehead atoms. The molecular weight excluding hydrogens is 409 g/mol. The second kappa shape index (κ2) is 10.5. The van der Waals surface area contributed by atoms with E-state index in [-0.39, 0.29) is 24.2 Å². The van der Waals surface area contributed by atoms with Gasteiger partial charge in [0.25, 0.3) is 0 Å². The topological polar surface area (TPSA) is 61.4 Å². The molecule has 2 saturated heterocycles. The van der Waals surface area contributed by atoms with Gasteiger partial charge in [-0.3, -0.25) is 9.59 Å². The molecule has 2 aliphatic rings. The molecule has 8 heteroatoms. The molecule has 1 atom stereocenters. The van der Waals surface area contributed by atoms with E-state index in [1.54, 1.807) is 23.1 Å². The van der Waals surface area contributed by atoms with E-state index >= 15 is 0 Å². The van der Waals surface area contributed by atoms with Gasteiger partial charge in [-0.2, -0.15) is 0 Å². The van der Waals surface area contributed by atoms with E-state index in [0.717, 1.165) is 38.8 Å². The number of nitrogens with zero attached hydrogens (tertiary/aromatic N) is 1. The van der Waals surface area contributed by atoms with E-state index in [9.17, 15) is 9.59 Å². The first-order valence-electron chi connectivity index (χ1n) is 9.30. The molecule has 3 rings (SSSR count). The highest BCUT2D eigenvalue weighted by Crippen LogP contribution is 2.26. The minimum Gasteiger partial charge on any atom is -0.331 e. The molecule has 5 nitrogen and oxygen atoms in total. The Labute approximate surface area is 176 Å². The fourth-order valence-electron chi connectivity index (χ4n) is 3.83. The van der Waals surface area contributed by atoms with Crippen molar-refractivity contribution in [2.45, 2.75) is 44.6 Å². The monoisotopic (exact) mass is 433 g/mol. The van der Waals surface area contributed by atoms with E-state index in [1.165, 1.54) is 0 Å². The maximum absolute atomic E-state index is 12.7. The Morgan fingerprint density at radius 1 is 1.11 bits per heavy atom. The van der Waals surface area contributed by atoms with E-state index < -0.39 is 6.04 Å². The molecule has 27 heavy (non-hydrogen) atoms. The van der Waals surface area contributed by atoms with Crippen LogP contribution in [0.5, 0.6) is 0 Å². The summed E-state index contributed by atoms with van der Waals surface area (Å²) in [5.74, 6) is 0.532. The third kappa shape index (κ3) is 6.24. The summed E-state index contributed by atoms with van der Waals surface area (Å²) in [5, 5.41) is 7.12. The predicted octanol–water partition coefficient (Wildman–Crippen LogP) is 4.12. The highest BCUT2D eigenvalue weighted by atomic mass is 35.5. The molecule has 0 aromatic heterocycles. The number of hydrogen-bond acceptors (Lipinski definition) is 3. The van der Waals surface area contributed by atoms with Crippen LogP contribution in [-0.2, 0) is 9.59 Å². The average molecular weight is 435 g/mol. The number of carbonyl (C=O) groups is 2. The summed E-state index contributed by atoms with van der Waals surface area (Å²) in [4.78, 5) is 27.0. The molecule has 2 amide bonds. The number of rotatable bonds is 5. The molecule has 0 aliphatic carbocycles. The largest absolute Gasteiger partial charge is 0.331 e. The van der Waals surface area contributed by atoms with Gasteiger partial charge in [0.2, 0.25) is 11.8 Å². The summed E-state index contributed by atoms with van der Waals surface area (Å²) in [6.07, 6.45) is 5.25. The van der Waals surface area contributed by atoms with Crippen molar-refractivity contribution in [1.82, 2.24) is 10.2 Å². The van der Waals surface area contributed by atoms with Gasteiger partial charge in [-0.1, -0.05) is 23.2 Å². The Balaban J connectivity index is 0.00000261. The number of anilines is 1. The first-order valence-corrected chi connectivity index (χ1v) is 10.1. The molecule has 0 saturated carbocycles. The molecule has 2 fully saturated rings. The van der Waals surface area contributed by atoms with Crippen molar-refractivity contribution in [3.05, 3.63) is 28.2 Å². The summed E-state index contributed by atoms with van der Waals surface area (Å²) >= 11 is 12.0. The van der Waals surface area contributed by atoms with Crippen molar-refractivity contribution in [3.8, 4) is 0 Å². The zero-order valence-corrected chi connectivity index (χ0v) is 17.5. The molecule has 2 heterocycles. The highest BCUT2D eigenvalue weighted by Gasteiger charge is 2.34. The van der Waals surface area contributed by atoms with Crippen LogP contribution < -0.4 is 10.6 Å². The quantitative estimate of drug-likeness (QED) is 0.732. The summed E-state index contributed by atoms with van der Waals surface area (Å²) in [6, 6.07) is 4.52. The third-order valence-electron chi connectivity index (χ3n) is 5.23. The Morgan fingerprint density at radius 2 is 1.78 bits per heavy atom. The summed E-state index contributed by atoms with van der Waals surface area (Å²) in [5.41, 5.74) is 0.557. The zero-order valence-electron chi connectivity index (χ0n) is 15.2. The Hall–Kier alpha value is -1.01. The fraction of sp³-hybridized carbons (Fsp3) is 0.579. The molecule has 2 aliphatic heterocycles. The average Bonchev–Trinajstić information content (AvgIpc) is 3.09. The predicted molar refractivity (Wildman–Crippen MR) is 112 cm³/mol. The van der Waals surface area contributed by atoms with Crippen molar-refractivity contribution in [3.63, 3.8) is 0 Å². The van der Waals surface area contributed by atoms with Crippen molar-refractivity contribution in [1.29, 1.82) is 0 Å². The molecule has 0 spiro atoms. The van der Waals surface area contributed by atoms with Gasteiger partial charge < -0.3 is 15.5 Å². The summed E-state index contributed by atoms with van der Waals surface area (Å²) in [7, 11) is 0. The van der Waals surface area contributed by atoms with Gasteiger partial charge >= 0.3 is 0 Å². The number of amides is 2. The molecule has 150 valence electrons. The van der Waals surface area contributed by atoms with Crippen LogP contribution in [0.1, 0.15) is 38.5 Å². The number of carbonyl (C=O) groups excluding carboxylic acids is 2. The van der Waals surface area contributed by atoms with Crippen LogP contribution in [0, 0.1) is 5.92 Å². The van der Waals surface area contributed by atoms with Gasteiger partial charge in [-0.25, -0.2) is 0 Å². The third-order valence-corrected chi connectivity index (χ3v) is 5.67. The van der Waals surface area contributed by atoms with Gasteiger partial charge in [0, 0.05) is 28.7 Å². The van der Waals surface area contributed by atoms with Crippen LogP contribution in [0.25, 0.3) is 0 Å². The van der Waals surface area contributed by atoms with Crippen LogP contribution in [0.15, 0.2) is 18.2 Å². The van der Waals surface area contributed by atoms with Gasteiger partial charge in [0.15, 0.2) is 0 Å². The first kappa shape index (κ1) is 22.3. The number of hydrogen-bond donors (Lipinski definition) is 2. The minimum absolute atomic E-state index is 0. The van der Waals surface area contributed by atoms with E-state index in [4.69, 9.17) is 23.2 Å². The van der Waals surface area contributed by atoms with Crippen molar-refractivity contribution >= 4 is 53.1 Å². The number of benzene rings is 1. The smallest absolute Gasteiger partial charge is 0.247 e. The van der Waals surface area contributed by atoms with E-state index in [1.807, 2.05) is 0 Å². The minimum atomic E-state index is -0.409. The lowest BCUT2D eigenvalue weighted by atomic mass is 9.93. The lowest BCUT2D eigenvalue weighted by molar-refractivity contribution is -0.136. The normalized spacial score (nSPS) is 20.2. The standard InChI is InChI=1S/C19H25Cl2N3O2.ClH/c20-14-10-15(21)12-16(11-14)23-19(26)17-2-1-9-24(17)18(25)4-3-13-5-7-22-8-6-13;/h10-13,17,22H,1-9H2,(H,23,26);1H. The van der Waals surface area contributed by atoms with Crippen molar-refractivity contribution in [2.75, 3.05) is 25.0 Å². The number of nitrogens with one attached hydrogen (secondary N) is 2. The highest BCUT2D eigenvalue weighted by molar-refractivity contribution is 6.35. The van der Waals surface area contributed by atoms with Gasteiger partial charge in [-0.05, 0) is 69.3 Å². The van der Waals surface area contributed by atoms with E-state index in [2.05, 4.69) is 10.6 Å². The van der Waals surface area contributed by atoms with Gasteiger partial charge in [0.1, 0.15) is 6.04 Å². The van der Waals surface area contributed by atoms with Crippen LogP contribution in [0.2, 0.25) is 10.0 Å². The number of halogens is 3. The van der Waals surface area contributed by atoms with Gasteiger partial charge in [-0.15, -0.1) is 12.4 Å². The second-order valence-corrected chi connectivity index (χ2v) is 8.00. The lowest BCUT2D eigenvalue weighted by Crippen LogP contribution is -2.43. The Morgan fingerprint density at radius 3 is 2.44 bits per heavy atom. The second-order valence-electron chi connectivity index (χ2n) is 7.12. The van der Waals surface area contributed by atoms with Crippen LogP contribution in [-0.4, -0.2) is 42.4 Å². The zero-order chi connectivity index (χ0) is 18.5. The lowest BCUT2D eigenvalue weighted by Gasteiger charge is -2.26. The SMILES string of the molecule is Cl.O=C(Nc1cc(Cl)cc(Cl)c1)C1CCCN1C(=O)CCC1CCNCC1. The maximum Gasteiger partial charge on any atom is 0.247 e. The Bertz CT molecular complexity index is 645. The van der Waals surface area contributed by atoms with E-state index in [0.29, 0.717) is 41.0 Å². The molecule has 1 aromatic carbocycles. The number of likely N-dealkylation sites (tertiary alicyclic amines) is 1. The van der Waals surface area contributed by atoms with Crippen LogP contribution in [0.4, 0.5) is 5.69 Å². The summed E-state index contributed by atoms with van der Waals surface area (Å²) in [6.45, 7) is 2.73. The number of piperidine rings is 1.